The van der Waals surface area contributed by atoms with E-state index in [0.29, 0.717) is 10.0 Å². The normalized spacial score (nSPS) is 12.2. The van der Waals surface area contributed by atoms with Crippen LogP contribution in [-0.4, -0.2) is 33.4 Å². The Kier molecular flexibility index (Phi) is 4.16. The van der Waals surface area contributed by atoms with Crippen molar-refractivity contribution in [2.45, 2.75) is 17.2 Å². The van der Waals surface area contributed by atoms with Crippen LogP contribution in [0, 0.1) is 0 Å². The molecule has 0 saturated heterocycles. The highest BCUT2D eigenvalue weighted by atomic mass is 35.5. The molecule has 0 aliphatic carbocycles. The summed E-state index contributed by atoms with van der Waals surface area (Å²) in [6, 6.07) is 0.166. The van der Waals surface area contributed by atoms with E-state index in [0.717, 1.165) is 11.8 Å². The topological polar surface area (TPSA) is 72.3 Å². The van der Waals surface area contributed by atoms with Crippen LogP contribution in [-0.2, 0) is 4.79 Å². The highest BCUT2D eigenvalue weighted by molar-refractivity contribution is 8.00. The van der Waals surface area contributed by atoms with Crippen molar-refractivity contribution >= 4 is 29.3 Å². The summed E-state index contributed by atoms with van der Waals surface area (Å²) in [5.74, 6) is -0.923. The summed E-state index contributed by atoms with van der Waals surface area (Å²) >= 11 is 6.85. The molecule has 1 atom stereocenters. The van der Waals surface area contributed by atoms with Crippen molar-refractivity contribution in [3.05, 3.63) is 11.2 Å². The maximum Gasteiger partial charge on any atom is 0.317 e. The Bertz CT molecular complexity index is 375. The molecule has 0 aromatic carbocycles. The minimum Gasteiger partial charge on any atom is -0.480 e. The third-order valence-electron chi connectivity index (χ3n) is 1.51. The molecule has 1 heterocycles. The Morgan fingerprint density at radius 3 is 2.93 bits per heavy atom. The van der Waals surface area contributed by atoms with Crippen molar-refractivity contribution in [2.24, 2.45) is 0 Å². The lowest BCUT2D eigenvalue weighted by Gasteiger charge is -2.07. The van der Waals surface area contributed by atoms with E-state index in [1.807, 2.05) is 0 Å². The minimum absolute atomic E-state index is 0.166. The number of methoxy groups -OCH3 is 1. The van der Waals surface area contributed by atoms with Crippen molar-refractivity contribution in [1.82, 2.24) is 9.97 Å². The molecule has 5 nitrogen and oxygen atoms in total. The molecular weight excluding hydrogens is 240 g/mol. The zero-order chi connectivity index (χ0) is 11.4. The lowest BCUT2D eigenvalue weighted by molar-refractivity contribution is -0.136. The quantitative estimate of drug-likeness (QED) is 0.646. The van der Waals surface area contributed by atoms with Gasteiger partial charge < -0.3 is 9.84 Å². The Morgan fingerprint density at radius 1 is 1.73 bits per heavy atom. The van der Waals surface area contributed by atoms with Crippen molar-refractivity contribution in [3.8, 4) is 6.01 Å². The molecule has 0 fully saturated rings. The van der Waals surface area contributed by atoms with Crippen molar-refractivity contribution in [2.75, 3.05) is 7.11 Å². The first-order chi connectivity index (χ1) is 7.04. The molecule has 1 rings (SSSR count). The minimum atomic E-state index is -0.923. The summed E-state index contributed by atoms with van der Waals surface area (Å²) in [7, 11) is 1.43. The molecule has 1 aromatic rings. The molecule has 0 bridgehead atoms. The third-order valence-corrected chi connectivity index (χ3v) is 2.99. The summed E-state index contributed by atoms with van der Waals surface area (Å²) in [5.41, 5.74) is 0. The monoisotopic (exact) mass is 248 g/mol. The van der Waals surface area contributed by atoms with Crippen LogP contribution in [0.15, 0.2) is 11.2 Å². The number of aliphatic carboxylic acids is 1. The van der Waals surface area contributed by atoms with Gasteiger partial charge in [-0.15, -0.1) is 0 Å². The molecule has 0 saturated carbocycles. The number of carbonyl (C=O) groups is 1. The summed E-state index contributed by atoms with van der Waals surface area (Å²) in [6.07, 6.45) is 1.38. The molecule has 0 amide bonds. The third kappa shape index (κ3) is 3.24. The van der Waals surface area contributed by atoms with E-state index >= 15 is 0 Å². The number of ether oxygens (including phenoxy) is 1. The van der Waals surface area contributed by atoms with Gasteiger partial charge in [-0.05, 0) is 6.92 Å². The Balaban J connectivity index is 2.88. The van der Waals surface area contributed by atoms with Gasteiger partial charge >= 0.3 is 12.0 Å². The summed E-state index contributed by atoms with van der Waals surface area (Å²) < 4.78 is 4.81. The van der Waals surface area contributed by atoms with Crippen LogP contribution in [0.4, 0.5) is 0 Å². The van der Waals surface area contributed by atoms with E-state index < -0.39 is 11.2 Å². The maximum absolute atomic E-state index is 10.6. The first-order valence-electron chi connectivity index (χ1n) is 4.00. The molecule has 82 valence electrons. The maximum atomic E-state index is 10.6. The average Bonchev–Trinajstić information content (AvgIpc) is 2.21. The van der Waals surface area contributed by atoms with Gasteiger partial charge in [-0.2, -0.15) is 4.98 Å². The zero-order valence-electron chi connectivity index (χ0n) is 8.10. The number of rotatable bonds is 4. The van der Waals surface area contributed by atoms with E-state index in [-0.39, 0.29) is 6.01 Å². The summed E-state index contributed by atoms with van der Waals surface area (Å²) in [5, 5.41) is 8.81. The first kappa shape index (κ1) is 12.1. The molecule has 0 spiro atoms. The zero-order valence-corrected chi connectivity index (χ0v) is 9.67. The lowest BCUT2D eigenvalue weighted by atomic mass is 10.5. The molecule has 15 heavy (non-hydrogen) atoms. The molecular formula is C8H9ClN2O3S. The van der Waals surface area contributed by atoms with E-state index in [2.05, 4.69) is 9.97 Å². The molecule has 7 heteroatoms. The van der Waals surface area contributed by atoms with Gasteiger partial charge in [0.25, 0.3) is 0 Å². The molecule has 1 N–H and O–H groups in total. The van der Waals surface area contributed by atoms with Crippen LogP contribution in [0.5, 0.6) is 6.01 Å². The van der Waals surface area contributed by atoms with Crippen LogP contribution in [0.25, 0.3) is 0 Å². The van der Waals surface area contributed by atoms with Gasteiger partial charge in [-0.3, -0.25) is 4.79 Å². The van der Waals surface area contributed by atoms with Crippen LogP contribution < -0.4 is 4.74 Å². The van der Waals surface area contributed by atoms with E-state index in [1.165, 1.54) is 13.3 Å². The number of carboxylic acids is 1. The van der Waals surface area contributed by atoms with Crippen LogP contribution in [0.2, 0.25) is 5.02 Å². The van der Waals surface area contributed by atoms with Gasteiger partial charge in [0.05, 0.1) is 18.3 Å². The van der Waals surface area contributed by atoms with Gasteiger partial charge in [-0.25, -0.2) is 4.98 Å². The highest BCUT2D eigenvalue weighted by Crippen LogP contribution is 2.29. The average molecular weight is 249 g/mol. The van der Waals surface area contributed by atoms with Crippen LogP contribution in [0.1, 0.15) is 6.92 Å². The van der Waals surface area contributed by atoms with E-state index in [1.54, 1.807) is 6.92 Å². The fraction of sp³-hybridized carbons (Fsp3) is 0.375. The van der Waals surface area contributed by atoms with Crippen LogP contribution >= 0.6 is 23.4 Å². The predicted molar refractivity (Wildman–Crippen MR) is 56.5 cm³/mol. The standard InChI is InChI=1S/C8H9ClN2O3S/c1-4(7(12)13)15-6-5(9)3-10-8(11-6)14-2/h3-4H,1-2H3,(H,12,13). The second kappa shape index (κ2) is 5.18. The fourth-order valence-corrected chi connectivity index (χ4v) is 1.69. The largest absolute Gasteiger partial charge is 0.480 e. The predicted octanol–water partition coefficient (Wildman–Crippen LogP) is 1.70. The van der Waals surface area contributed by atoms with Crippen molar-refractivity contribution in [3.63, 3.8) is 0 Å². The van der Waals surface area contributed by atoms with Crippen molar-refractivity contribution in [1.29, 1.82) is 0 Å². The second-order valence-electron chi connectivity index (χ2n) is 2.61. The second-order valence-corrected chi connectivity index (χ2v) is 4.34. The van der Waals surface area contributed by atoms with Crippen LogP contribution in [0.3, 0.4) is 0 Å². The number of hydrogen-bond acceptors (Lipinski definition) is 5. The van der Waals surface area contributed by atoms with Crippen molar-refractivity contribution < 1.29 is 14.6 Å². The Hall–Kier alpha value is -1.01. The molecule has 1 unspecified atom stereocenters. The van der Waals surface area contributed by atoms with Gasteiger partial charge in [0, 0.05) is 0 Å². The number of nitrogens with zero attached hydrogens (tertiary/aromatic N) is 2. The number of aromatic nitrogens is 2. The molecule has 0 radical (unpaired) electrons. The van der Waals surface area contributed by atoms with E-state index in [4.69, 9.17) is 21.4 Å². The van der Waals surface area contributed by atoms with Gasteiger partial charge in [0.15, 0.2) is 0 Å². The highest BCUT2D eigenvalue weighted by Gasteiger charge is 2.16. The van der Waals surface area contributed by atoms with Gasteiger partial charge in [0.1, 0.15) is 10.3 Å². The lowest BCUT2D eigenvalue weighted by Crippen LogP contribution is -2.11. The molecule has 0 aliphatic heterocycles. The van der Waals surface area contributed by atoms with Gasteiger partial charge in [0.2, 0.25) is 0 Å². The number of hydrogen-bond donors (Lipinski definition) is 1. The first-order valence-corrected chi connectivity index (χ1v) is 5.26. The number of halogens is 1. The van der Waals surface area contributed by atoms with Gasteiger partial charge in [-0.1, -0.05) is 23.4 Å². The fourth-order valence-electron chi connectivity index (χ4n) is 0.735. The smallest absolute Gasteiger partial charge is 0.317 e. The van der Waals surface area contributed by atoms with E-state index in [9.17, 15) is 4.79 Å². The Morgan fingerprint density at radius 2 is 2.40 bits per heavy atom. The summed E-state index contributed by atoms with van der Waals surface area (Å²) in [6.45, 7) is 1.55. The Labute approximate surface area is 95.8 Å². The summed E-state index contributed by atoms with van der Waals surface area (Å²) in [4.78, 5) is 18.4. The number of thioether (sulfide) groups is 1. The number of carboxylic acid groups (broad SMARTS) is 1. The molecule has 0 aliphatic rings. The molecule has 1 aromatic heterocycles. The SMILES string of the molecule is COc1ncc(Cl)c(SC(C)C(=O)O)n1.